The van der Waals surface area contributed by atoms with Crippen molar-refractivity contribution in [2.45, 2.75) is 18.8 Å². The van der Waals surface area contributed by atoms with E-state index in [1.165, 1.54) is 5.56 Å². The molecular formula is C13H16N2. The van der Waals surface area contributed by atoms with Crippen LogP contribution in [0.3, 0.4) is 0 Å². The Balaban J connectivity index is 2.41. The average Bonchev–Trinajstić information content (AvgIpc) is 2.31. The fourth-order valence-corrected chi connectivity index (χ4v) is 2.42. The highest BCUT2D eigenvalue weighted by molar-refractivity contribution is 5.34. The minimum Gasteiger partial charge on any atom is -0.316 e. The van der Waals surface area contributed by atoms with E-state index in [0.717, 1.165) is 19.5 Å². The van der Waals surface area contributed by atoms with E-state index in [9.17, 15) is 5.26 Å². The van der Waals surface area contributed by atoms with Gasteiger partial charge >= 0.3 is 0 Å². The molecule has 0 radical (unpaired) electrons. The van der Waals surface area contributed by atoms with E-state index >= 15 is 0 Å². The molecule has 78 valence electrons. The Morgan fingerprint density at radius 1 is 1.40 bits per heavy atom. The van der Waals surface area contributed by atoms with E-state index < -0.39 is 0 Å². The van der Waals surface area contributed by atoms with Gasteiger partial charge in [-0.1, -0.05) is 37.3 Å². The van der Waals surface area contributed by atoms with Crippen LogP contribution in [0.15, 0.2) is 30.3 Å². The second-order valence-corrected chi connectivity index (χ2v) is 4.30. The van der Waals surface area contributed by atoms with Gasteiger partial charge in [0.05, 0.1) is 11.5 Å². The Kier molecular flexibility index (Phi) is 2.75. The van der Waals surface area contributed by atoms with Gasteiger partial charge in [-0.05, 0) is 31.0 Å². The zero-order chi connectivity index (χ0) is 10.7. The number of benzene rings is 1. The monoisotopic (exact) mass is 200 g/mol. The maximum Gasteiger partial charge on any atom is 0.0871 e. The van der Waals surface area contributed by atoms with E-state index in [-0.39, 0.29) is 5.41 Å². The number of hydrogen-bond donors (Lipinski definition) is 1. The number of hydrogen-bond acceptors (Lipinski definition) is 2. The lowest BCUT2D eigenvalue weighted by Crippen LogP contribution is -2.45. The van der Waals surface area contributed by atoms with Gasteiger partial charge < -0.3 is 5.32 Å². The summed E-state index contributed by atoms with van der Waals surface area (Å²) in [6.45, 7) is 4.03. The molecule has 0 aliphatic carbocycles. The minimum atomic E-state index is -0.285. The van der Waals surface area contributed by atoms with Crippen molar-refractivity contribution < 1.29 is 0 Å². The van der Waals surface area contributed by atoms with Gasteiger partial charge in [0.2, 0.25) is 0 Å². The van der Waals surface area contributed by atoms with Crippen LogP contribution in [0.4, 0.5) is 0 Å². The lowest BCUT2D eigenvalue weighted by molar-refractivity contribution is 0.279. The summed E-state index contributed by atoms with van der Waals surface area (Å²) >= 11 is 0. The lowest BCUT2D eigenvalue weighted by atomic mass is 9.68. The topological polar surface area (TPSA) is 35.8 Å². The molecule has 1 N–H and O–H groups in total. The van der Waals surface area contributed by atoms with Crippen molar-refractivity contribution in [1.29, 1.82) is 5.26 Å². The number of nitrogens with zero attached hydrogens (tertiary/aromatic N) is 1. The molecule has 0 saturated carbocycles. The van der Waals surface area contributed by atoms with Crippen molar-refractivity contribution in [3.05, 3.63) is 35.9 Å². The van der Waals surface area contributed by atoms with Gasteiger partial charge in [-0.25, -0.2) is 0 Å². The van der Waals surface area contributed by atoms with Gasteiger partial charge in [0.15, 0.2) is 0 Å². The van der Waals surface area contributed by atoms with Gasteiger partial charge in [-0.2, -0.15) is 5.26 Å². The van der Waals surface area contributed by atoms with Gasteiger partial charge in [-0.15, -0.1) is 0 Å². The van der Waals surface area contributed by atoms with E-state index in [0.29, 0.717) is 5.92 Å². The number of nitrogens with one attached hydrogen (secondary N) is 1. The average molecular weight is 200 g/mol. The van der Waals surface area contributed by atoms with Crippen molar-refractivity contribution >= 4 is 0 Å². The highest BCUT2D eigenvalue weighted by Gasteiger charge is 2.39. The largest absolute Gasteiger partial charge is 0.316 e. The molecule has 2 unspecified atom stereocenters. The van der Waals surface area contributed by atoms with E-state index in [1.54, 1.807) is 0 Å². The zero-order valence-electron chi connectivity index (χ0n) is 9.03. The molecule has 2 rings (SSSR count). The second kappa shape index (κ2) is 4.04. The van der Waals surface area contributed by atoms with Crippen LogP contribution < -0.4 is 5.32 Å². The Labute approximate surface area is 90.9 Å². The standard InChI is InChI=1S/C13H16N2/c1-11-9-15-8-7-13(11,10-14)12-5-3-2-4-6-12/h2-6,11,15H,7-9H2,1H3. The zero-order valence-corrected chi connectivity index (χ0v) is 9.03. The number of piperidine rings is 1. The molecule has 1 aromatic carbocycles. The van der Waals surface area contributed by atoms with Gasteiger partial charge in [0.25, 0.3) is 0 Å². The molecule has 0 bridgehead atoms. The van der Waals surface area contributed by atoms with Crippen LogP contribution >= 0.6 is 0 Å². The van der Waals surface area contributed by atoms with Crippen LogP contribution in [0.5, 0.6) is 0 Å². The van der Waals surface area contributed by atoms with E-state index in [4.69, 9.17) is 0 Å². The molecule has 1 aliphatic heterocycles. The molecule has 1 aromatic rings. The van der Waals surface area contributed by atoms with Crippen LogP contribution in [-0.4, -0.2) is 13.1 Å². The molecule has 1 fully saturated rings. The molecule has 2 nitrogen and oxygen atoms in total. The third kappa shape index (κ3) is 1.64. The lowest BCUT2D eigenvalue weighted by Gasteiger charge is -2.37. The molecule has 0 aromatic heterocycles. The maximum absolute atomic E-state index is 9.49. The summed E-state index contributed by atoms with van der Waals surface area (Å²) in [6.07, 6.45) is 0.911. The molecule has 2 heteroatoms. The van der Waals surface area contributed by atoms with Crippen LogP contribution in [-0.2, 0) is 5.41 Å². The fourth-order valence-electron chi connectivity index (χ4n) is 2.42. The quantitative estimate of drug-likeness (QED) is 0.753. The summed E-state index contributed by atoms with van der Waals surface area (Å²) in [6, 6.07) is 12.7. The Morgan fingerprint density at radius 3 is 2.73 bits per heavy atom. The molecule has 1 saturated heterocycles. The Hall–Kier alpha value is -1.33. The second-order valence-electron chi connectivity index (χ2n) is 4.30. The van der Waals surface area contributed by atoms with Crippen LogP contribution in [0.2, 0.25) is 0 Å². The predicted molar refractivity (Wildman–Crippen MR) is 60.4 cm³/mol. The van der Waals surface area contributed by atoms with Crippen LogP contribution in [0, 0.1) is 17.2 Å². The van der Waals surface area contributed by atoms with Crippen molar-refractivity contribution in [2.24, 2.45) is 5.92 Å². The molecule has 0 amide bonds. The molecule has 1 aliphatic rings. The highest BCUT2D eigenvalue weighted by atomic mass is 14.9. The van der Waals surface area contributed by atoms with Crippen molar-refractivity contribution in [1.82, 2.24) is 5.32 Å². The smallest absolute Gasteiger partial charge is 0.0871 e. The summed E-state index contributed by atoms with van der Waals surface area (Å²) in [5.74, 6) is 0.374. The summed E-state index contributed by atoms with van der Waals surface area (Å²) in [5.41, 5.74) is 0.883. The van der Waals surface area contributed by atoms with Crippen molar-refractivity contribution in [3.63, 3.8) is 0 Å². The third-order valence-electron chi connectivity index (χ3n) is 3.48. The first kappa shape index (κ1) is 10.2. The molecule has 1 heterocycles. The van der Waals surface area contributed by atoms with E-state index in [1.807, 2.05) is 18.2 Å². The fraction of sp³-hybridized carbons (Fsp3) is 0.462. The van der Waals surface area contributed by atoms with Crippen LogP contribution in [0.1, 0.15) is 18.9 Å². The maximum atomic E-state index is 9.49. The van der Waals surface area contributed by atoms with Gasteiger partial charge in [0, 0.05) is 0 Å². The molecular weight excluding hydrogens is 184 g/mol. The number of rotatable bonds is 1. The highest BCUT2D eigenvalue weighted by Crippen LogP contribution is 2.36. The van der Waals surface area contributed by atoms with Crippen molar-refractivity contribution in [2.75, 3.05) is 13.1 Å². The predicted octanol–water partition coefficient (Wildman–Crippen LogP) is 2.08. The minimum absolute atomic E-state index is 0.285. The van der Waals surface area contributed by atoms with Gasteiger partial charge in [0.1, 0.15) is 0 Å². The number of nitriles is 1. The SMILES string of the molecule is CC1CNCCC1(C#N)c1ccccc1. The molecule has 15 heavy (non-hydrogen) atoms. The molecule has 2 atom stereocenters. The summed E-state index contributed by atoms with van der Waals surface area (Å²) in [4.78, 5) is 0. The van der Waals surface area contributed by atoms with Crippen LogP contribution in [0.25, 0.3) is 0 Å². The van der Waals surface area contributed by atoms with Crippen molar-refractivity contribution in [3.8, 4) is 6.07 Å². The first-order chi connectivity index (χ1) is 7.29. The van der Waals surface area contributed by atoms with Gasteiger partial charge in [-0.3, -0.25) is 0 Å². The summed E-state index contributed by atoms with van der Waals surface area (Å²) in [7, 11) is 0. The summed E-state index contributed by atoms with van der Waals surface area (Å²) < 4.78 is 0. The first-order valence-electron chi connectivity index (χ1n) is 5.47. The van der Waals surface area contributed by atoms with E-state index in [2.05, 4.69) is 30.4 Å². The Morgan fingerprint density at radius 2 is 2.13 bits per heavy atom. The summed E-state index contributed by atoms with van der Waals surface area (Å²) in [5, 5.41) is 12.8. The normalized spacial score (nSPS) is 30.8. The molecule has 0 spiro atoms. The Bertz CT molecular complexity index is 366. The first-order valence-corrected chi connectivity index (χ1v) is 5.47. The third-order valence-corrected chi connectivity index (χ3v) is 3.48.